The number of ether oxygens (including phenoxy) is 1. The van der Waals surface area contributed by atoms with Gasteiger partial charge >= 0.3 is 0 Å². The molecule has 0 fully saturated rings. The summed E-state index contributed by atoms with van der Waals surface area (Å²) in [4.78, 5) is 4.39. The molecular formula is C11H19N3O. The first-order chi connectivity index (χ1) is 7.26. The van der Waals surface area contributed by atoms with Crippen LogP contribution in [0.2, 0.25) is 0 Å². The molecule has 0 atom stereocenters. The van der Waals surface area contributed by atoms with E-state index in [0.717, 1.165) is 24.6 Å². The molecule has 0 unspecified atom stereocenters. The van der Waals surface area contributed by atoms with Crippen LogP contribution in [-0.4, -0.2) is 32.3 Å². The van der Waals surface area contributed by atoms with Gasteiger partial charge in [0, 0.05) is 25.9 Å². The summed E-state index contributed by atoms with van der Waals surface area (Å²) in [5, 5.41) is 6.35. The lowest BCUT2D eigenvalue weighted by atomic mass is 10.2. The molecule has 0 bridgehead atoms. The maximum atomic E-state index is 4.97. The Bertz CT molecular complexity index is 302. The van der Waals surface area contributed by atoms with Gasteiger partial charge in [-0.15, -0.1) is 0 Å². The third-order valence-electron chi connectivity index (χ3n) is 2.01. The van der Waals surface area contributed by atoms with Crippen molar-refractivity contribution in [3.8, 4) is 0 Å². The van der Waals surface area contributed by atoms with Gasteiger partial charge in [0.25, 0.3) is 0 Å². The average Bonchev–Trinajstić information content (AvgIpc) is 2.18. The Morgan fingerprint density at radius 3 is 2.87 bits per heavy atom. The van der Waals surface area contributed by atoms with Gasteiger partial charge in [0.1, 0.15) is 5.82 Å². The number of aryl methyl sites for hydroxylation is 1. The molecule has 84 valence electrons. The lowest BCUT2D eigenvalue weighted by molar-refractivity contribution is 0.210. The number of rotatable bonds is 6. The first-order valence-electron chi connectivity index (χ1n) is 5.11. The van der Waals surface area contributed by atoms with Gasteiger partial charge in [0.2, 0.25) is 0 Å². The third-order valence-corrected chi connectivity index (χ3v) is 2.01. The number of nitrogens with one attached hydrogen (secondary N) is 2. The Hall–Kier alpha value is -1.13. The molecule has 1 rings (SSSR count). The van der Waals surface area contributed by atoms with Crippen LogP contribution >= 0.6 is 0 Å². The SMILES string of the molecule is CNCc1cc(C)nc(NCCOC)c1. The first-order valence-corrected chi connectivity index (χ1v) is 5.11. The average molecular weight is 209 g/mol. The number of nitrogens with zero attached hydrogens (tertiary/aromatic N) is 1. The van der Waals surface area contributed by atoms with Gasteiger partial charge in [-0.1, -0.05) is 0 Å². The normalized spacial score (nSPS) is 10.3. The van der Waals surface area contributed by atoms with E-state index in [-0.39, 0.29) is 0 Å². The van der Waals surface area contributed by atoms with E-state index < -0.39 is 0 Å². The van der Waals surface area contributed by atoms with Crippen LogP contribution in [0.15, 0.2) is 12.1 Å². The Labute approximate surface area is 91.1 Å². The van der Waals surface area contributed by atoms with Crippen LogP contribution in [0.3, 0.4) is 0 Å². The molecule has 1 aromatic heterocycles. The molecule has 1 heterocycles. The fourth-order valence-corrected chi connectivity index (χ4v) is 1.42. The first kappa shape index (κ1) is 11.9. The van der Waals surface area contributed by atoms with Crippen LogP contribution in [0.4, 0.5) is 5.82 Å². The second-order valence-electron chi connectivity index (χ2n) is 3.45. The van der Waals surface area contributed by atoms with Crippen molar-refractivity contribution in [2.45, 2.75) is 13.5 Å². The molecule has 0 radical (unpaired) electrons. The van der Waals surface area contributed by atoms with Crippen LogP contribution in [0, 0.1) is 6.92 Å². The van der Waals surface area contributed by atoms with E-state index in [9.17, 15) is 0 Å². The van der Waals surface area contributed by atoms with Crippen molar-refractivity contribution in [2.24, 2.45) is 0 Å². The van der Waals surface area contributed by atoms with Crippen molar-refractivity contribution in [3.63, 3.8) is 0 Å². The van der Waals surface area contributed by atoms with Gasteiger partial charge in [-0.2, -0.15) is 0 Å². The predicted molar refractivity (Wildman–Crippen MR) is 62.1 cm³/mol. The highest BCUT2D eigenvalue weighted by atomic mass is 16.5. The fraction of sp³-hybridized carbons (Fsp3) is 0.545. The minimum absolute atomic E-state index is 0.691. The van der Waals surface area contributed by atoms with Crippen LogP contribution in [0.1, 0.15) is 11.3 Å². The van der Waals surface area contributed by atoms with E-state index in [1.807, 2.05) is 14.0 Å². The van der Waals surface area contributed by atoms with Crippen LogP contribution in [0.25, 0.3) is 0 Å². The van der Waals surface area contributed by atoms with Gasteiger partial charge in [-0.3, -0.25) is 0 Å². The highest BCUT2D eigenvalue weighted by Gasteiger charge is 1.98. The molecule has 0 saturated carbocycles. The Balaban J connectivity index is 2.62. The molecule has 15 heavy (non-hydrogen) atoms. The van der Waals surface area contributed by atoms with Gasteiger partial charge in [-0.05, 0) is 31.7 Å². The van der Waals surface area contributed by atoms with Crippen LogP contribution in [-0.2, 0) is 11.3 Å². The summed E-state index contributed by atoms with van der Waals surface area (Å²) < 4.78 is 4.97. The van der Waals surface area contributed by atoms with E-state index in [0.29, 0.717) is 6.61 Å². The van der Waals surface area contributed by atoms with Crippen molar-refractivity contribution >= 4 is 5.82 Å². The van der Waals surface area contributed by atoms with Crippen molar-refractivity contribution < 1.29 is 4.74 Å². The summed E-state index contributed by atoms with van der Waals surface area (Å²) in [5.41, 5.74) is 2.27. The van der Waals surface area contributed by atoms with Crippen molar-refractivity contribution in [3.05, 3.63) is 23.4 Å². The number of methoxy groups -OCH3 is 1. The molecule has 2 N–H and O–H groups in total. The highest BCUT2D eigenvalue weighted by molar-refractivity contribution is 5.39. The molecule has 1 aromatic rings. The number of aromatic nitrogens is 1. The Morgan fingerprint density at radius 1 is 1.40 bits per heavy atom. The van der Waals surface area contributed by atoms with E-state index in [1.54, 1.807) is 7.11 Å². The summed E-state index contributed by atoms with van der Waals surface area (Å²) in [7, 11) is 3.63. The molecular weight excluding hydrogens is 190 g/mol. The predicted octanol–water partition coefficient (Wildman–Crippen LogP) is 1.17. The number of hydrogen-bond acceptors (Lipinski definition) is 4. The lowest BCUT2D eigenvalue weighted by Gasteiger charge is -2.08. The van der Waals surface area contributed by atoms with Crippen molar-refractivity contribution in [1.29, 1.82) is 0 Å². The van der Waals surface area contributed by atoms with Gasteiger partial charge < -0.3 is 15.4 Å². The maximum Gasteiger partial charge on any atom is 0.126 e. The number of pyridine rings is 1. The van der Waals surface area contributed by atoms with Crippen LogP contribution < -0.4 is 10.6 Å². The van der Waals surface area contributed by atoms with Gasteiger partial charge in [0.05, 0.1) is 6.61 Å². The van der Waals surface area contributed by atoms with E-state index >= 15 is 0 Å². The Kier molecular flexibility index (Phi) is 5.07. The molecule has 0 aliphatic carbocycles. The molecule has 0 spiro atoms. The molecule has 0 aliphatic rings. The smallest absolute Gasteiger partial charge is 0.126 e. The van der Waals surface area contributed by atoms with Crippen molar-refractivity contribution in [2.75, 3.05) is 32.6 Å². The van der Waals surface area contributed by atoms with E-state index in [2.05, 4.69) is 27.8 Å². The molecule has 4 nitrogen and oxygen atoms in total. The minimum Gasteiger partial charge on any atom is -0.383 e. The Morgan fingerprint density at radius 2 is 2.20 bits per heavy atom. The van der Waals surface area contributed by atoms with Gasteiger partial charge in [0.15, 0.2) is 0 Å². The topological polar surface area (TPSA) is 46.2 Å². The standard InChI is InChI=1S/C11H19N3O/c1-9-6-10(8-12-2)7-11(14-9)13-4-5-15-3/h6-7,12H,4-5,8H2,1-3H3,(H,13,14). The molecule has 4 heteroatoms. The summed E-state index contributed by atoms with van der Waals surface area (Å²) >= 11 is 0. The zero-order valence-electron chi connectivity index (χ0n) is 9.63. The minimum atomic E-state index is 0.691. The number of hydrogen-bond donors (Lipinski definition) is 2. The molecule has 0 saturated heterocycles. The molecule has 0 aliphatic heterocycles. The summed E-state index contributed by atoms with van der Waals surface area (Å²) in [6.45, 7) is 4.34. The molecule has 0 aromatic carbocycles. The van der Waals surface area contributed by atoms with E-state index in [4.69, 9.17) is 4.74 Å². The quantitative estimate of drug-likeness (QED) is 0.690. The lowest BCUT2D eigenvalue weighted by Crippen LogP contribution is -2.11. The van der Waals surface area contributed by atoms with E-state index in [1.165, 1.54) is 5.56 Å². The number of anilines is 1. The van der Waals surface area contributed by atoms with Gasteiger partial charge in [-0.25, -0.2) is 4.98 Å². The fourth-order valence-electron chi connectivity index (χ4n) is 1.42. The third kappa shape index (κ3) is 4.27. The second-order valence-corrected chi connectivity index (χ2v) is 3.45. The monoisotopic (exact) mass is 209 g/mol. The zero-order valence-corrected chi connectivity index (χ0v) is 9.63. The highest BCUT2D eigenvalue weighted by Crippen LogP contribution is 2.09. The zero-order chi connectivity index (χ0) is 11.1. The summed E-state index contributed by atoms with van der Waals surface area (Å²) in [6, 6.07) is 4.14. The second kappa shape index (κ2) is 6.37. The van der Waals surface area contributed by atoms with Crippen LogP contribution in [0.5, 0.6) is 0 Å². The maximum absolute atomic E-state index is 4.97. The largest absolute Gasteiger partial charge is 0.383 e. The summed E-state index contributed by atoms with van der Waals surface area (Å²) in [5.74, 6) is 0.914. The molecule has 0 amide bonds. The van der Waals surface area contributed by atoms with Crippen molar-refractivity contribution in [1.82, 2.24) is 10.3 Å². The summed E-state index contributed by atoms with van der Waals surface area (Å²) in [6.07, 6.45) is 0.